The van der Waals surface area contributed by atoms with Gasteiger partial charge in [0.15, 0.2) is 0 Å². The minimum absolute atomic E-state index is 0.176. The van der Waals surface area contributed by atoms with Crippen molar-refractivity contribution in [1.29, 1.82) is 0 Å². The molecule has 1 aromatic carbocycles. The van der Waals surface area contributed by atoms with Crippen molar-refractivity contribution in [3.63, 3.8) is 0 Å². The summed E-state index contributed by atoms with van der Waals surface area (Å²) < 4.78 is 7.45. The lowest BCUT2D eigenvalue weighted by Crippen LogP contribution is -2.18. The molecule has 0 amide bonds. The molecule has 0 aliphatic heterocycles. The molecule has 3 rings (SSSR count). The van der Waals surface area contributed by atoms with Crippen LogP contribution in [0.1, 0.15) is 31.3 Å². The summed E-state index contributed by atoms with van der Waals surface area (Å²) in [4.78, 5) is 0. The molecule has 0 radical (unpaired) electrons. The zero-order chi connectivity index (χ0) is 13.9. The molecule has 0 saturated carbocycles. The Morgan fingerprint density at radius 1 is 1.25 bits per heavy atom. The van der Waals surface area contributed by atoms with Gasteiger partial charge in [-0.2, -0.15) is 5.10 Å². The van der Waals surface area contributed by atoms with E-state index < -0.39 is 0 Å². The number of aryl methyl sites for hydroxylation is 1. The van der Waals surface area contributed by atoms with Gasteiger partial charge in [0.1, 0.15) is 5.76 Å². The van der Waals surface area contributed by atoms with Gasteiger partial charge in [0.05, 0.1) is 23.5 Å². The van der Waals surface area contributed by atoms with Crippen LogP contribution < -0.4 is 5.32 Å². The highest BCUT2D eigenvalue weighted by atomic mass is 16.3. The second kappa shape index (κ2) is 5.51. The maximum Gasteiger partial charge on any atom is 0.120 e. The lowest BCUT2D eigenvalue weighted by molar-refractivity contribution is 0.428. The highest BCUT2D eigenvalue weighted by molar-refractivity contribution is 5.81. The third-order valence-corrected chi connectivity index (χ3v) is 3.58. The predicted octanol–water partition coefficient (Wildman–Crippen LogP) is 3.50. The number of nitrogens with zero attached hydrogens (tertiary/aromatic N) is 2. The van der Waals surface area contributed by atoms with Crippen LogP contribution in [0.3, 0.4) is 0 Å². The minimum Gasteiger partial charge on any atom is -0.468 e. The molecular formula is C16H19N3O. The second-order valence-corrected chi connectivity index (χ2v) is 4.90. The summed E-state index contributed by atoms with van der Waals surface area (Å²) >= 11 is 0. The summed E-state index contributed by atoms with van der Waals surface area (Å²) in [7, 11) is 0. The molecule has 0 unspecified atom stereocenters. The first-order valence-corrected chi connectivity index (χ1v) is 7.00. The summed E-state index contributed by atoms with van der Waals surface area (Å²) in [6.45, 7) is 5.82. The Labute approximate surface area is 118 Å². The first-order valence-electron chi connectivity index (χ1n) is 7.00. The van der Waals surface area contributed by atoms with Crippen molar-refractivity contribution >= 4 is 10.9 Å². The van der Waals surface area contributed by atoms with Gasteiger partial charge in [0.25, 0.3) is 0 Å². The van der Waals surface area contributed by atoms with E-state index in [0.29, 0.717) is 0 Å². The van der Waals surface area contributed by atoms with E-state index in [-0.39, 0.29) is 6.04 Å². The van der Waals surface area contributed by atoms with Gasteiger partial charge in [-0.1, -0.05) is 18.2 Å². The lowest BCUT2D eigenvalue weighted by Gasteiger charge is -2.09. The Morgan fingerprint density at radius 3 is 2.85 bits per heavy atom. The largest absolute Gasteiger partial charge is 0.468 e. The number of furan rings is 1. The van der Waals surface area contributed by atoms with Gasteiger partial charge in [0, 0.05) is 18.5 Å². The zero-order valence-corrected chi connectivity index (χ0v) is 11.8. The van der Waals surface area contributed by atoms with E-state index in [2.05, 4.69) is 48.5 Å². The molecule has 4 heteroatoms. The summed E-state index contributed by atoms with van der Waals surface area (Å²) in [5, 5.41) is 9.36. The number of fused-ring (bicyclic) bond motifs is 1. The molecule has 0 aliphatic rings. The number of benzene rings is 1. The van der Waals surface area contributed by atoms with Gasteiger partial charge >= 0.3 is 0 Å². The summed E-state index contributed by atoms with van der Waals surface area (Å²) in [6.07, 6.45) is 1.70. The fraction of sp³-hybridized carbons (Fsp3) is 0.312. The smallest absolute Gasteiger partial charge is 0.120 e. The van der Waals surface area contributed by atoms with Gasteiger partial charge < -0.3 is 9.73 Å². The fourth-order valence-corrected chi connectivity index (χ4v) is 2.46. The summed E-state index contributed by atoms with van der Waals surface area (Å²) in [5.41, 5.74) is 2.28. The second-order valence-electron chi connectivity index (χ2n) is 4.90. The Balaban J connectivity index is 1.81. The van der Waals surface area contributed by atoms with Crippen molar-refractivity contribution in [2.75, 3.05) is 0 Å². The summed E-state index contributed by atoms with van der Waals surface area (Å²) in [5.74, 6) is 0.948. The average Bonchev–Trinajstić information content (AvgIpc) is 3.13. The molecule has 2 aromatic heterocycles. The Morgan fingerprint density at radius 2 is 2.10 bits per heavy atom. The molecule has 0 saturated heterocycles. The summed E-state index contributed by atoms with van der Waals surface area (Å²) in [6, 6.07) is 12.4. The van der Waals surface area contributed by atoms with E-state index in [1.165, 1.54) is 10.9 Å². The number of rotatable bonds is 5. The van der Waals surface area contributed by atoms with Gasteiger partial charge in [0.2, 0.25) is 0 Å². The van der Waals surface area contributed by atoms with Crippen LogP contribution in [-0.4, -0.2) is 9.78 Å². The van der Waals surface area contributed by atoms with Crippen molar-refractivity contribution in [2.45, 2.75) is 33.0 Å². The predicted molar refractivity (Wildman–Crippen MR) is 79.4 cm³/mol. The molecule has 0 spiro atoms. The number of hydrogen-bond acceptors (Lipinski definition) is 3. The highest BCUT2D eigenvalue weighted by Crippen LogP contribution is 2.19. The van der Waals surface area contributed by atoms with Crippen LogP contribution in [0, 0.1) is 0 Å². The van der Waals surface area contributed by atoms with Crippen LogP contribution in [0.2, 0.25) is 0 Å². The van der Waals surface area contributed by atoms with Crippen molar-refractivity contribution < 1.29 is 4.42 Å². The van der Waals surface area contributed by atoms with Gasteiger partial charge in [-0.15, -0.1) is 0 Å². The molecule has 104 valence electrons. The normalized spacial score (nSPS) is 12.9. The van der Waals surface area contributed by atoms with Crippen LogP contribution in [0.15, 0.2) is 47.1 Å². The van der Waals surface area contributed by atoms with Crippen molar-refractivity contribution in [3.05, 3.63) is 54.1 Å². The quantitative estimate of drug-likeness (QED) is 0.771. The third kappa shape index (κ3) is 2.34. The van der Waals surface area contributed by atoms with Crippen molar-refractivity contribution in [1.82, 2.24) is 15.1 Å². The maximum absolute atomic E-state index is 5.41. The molecule has 2 heterocycles. The van der Waals surface area contributed by atoms with E-state index in [1.54, 1.807) is 6.26 Å². The molecule has 4 nitrogen and oxygen atoms in total. The Bertz CT molecular complexity index is 685. The van der Waals surface area contributed by atoms with Gasteiger partial charge in [-0.25, -0.2) is 0 Å². The van der Waals surface area contributed by atoms with Crippen LogP contribution in [0.5, 0.6) is 0 Å². The average molecular weight is 269 g/mol. The van der Waals surface area contributed by atoms with E-state index in [1.807, 2.05) is 16.8 Å². The van der Waals surface area contributed by atoms with Gasteiger partial charge in [-0.05, 0) is 32.0 Å². The number of hydrogen-bond donors (Lipinski definition) is 1. The molecule has 1 atom stereocenters. The molecular weight excluding hydrogens is 250 g/mol. The molecule has 0 bridgehead atoms. The molecule has 0 aliphatic carbocycles. The highest BCUT2D eigenvalue weighted by Gasteiger charge is 2.12. The van der Waals surface area contributed by atoms with Crippen molar-refractivity contribution in [3.8, 4) is 0 Å². The van der Waals surface area contributed by atoms with Crippen LogP contribution in [0.25, 0.3) is 10.9 Å². The molecule has 20 heavy (non-hydrogen) atoms. The Kier molecular flexibility index (Phi) is 3.56. The zero-order valence-electron chi connectivity index (χ0n) is 11.8. The molecule has 3 aromatic rings. The maximum atomic E-state index is 5.41. The van der Waals surface area contributed by atoms with Crippen LogP contribution >= 0.6 is 0 Å². The SMILES string of the molecule is CCn1nc(CN[C@@H](C)c2ccco2)c2ccccc21. The minimum atomic E-state index is 0.176. The lowest BCUT2D eigenvalue weighted by atomic mass is 10.2. The first-order chi connectivity index (χ1) is 9.79. The monoisotopic (exact) mass is 269 g/mol. The molecule has 1 N–H and O–H groups in total. The van der Waals surface area contributed by atoms with Crippen LogP contribution in [0.4, 0.5) is 0 Å². The first kappa shape index (κ1) is 12.9. The Hall–Kier alpha value is -2.07. The van der Waals surface area contributed by atoms with Crippen molar-refractivity contribution in [2.24, 2.45) is 0 Å². The third-order valence-electron chi connectivity index (χ3n) is 3.58. The fourth-order valence-electron chi connectivity index (χ4n) is 2.46. The topological polar surface area (TPSA) is 43.0 Å². The standard InChI is InChI=1S/C16H19N3O/c1-3-19-15-8-5-4-7-13(15)14(18-19)11-17-12(2)16-9-6-10-20-16/h4-10,12,17H,3,11H2,1-2H3/t12-/m0/s1. The number of para-hydroxylation sites is 1. The number of aromatic nitrogens is 2. The van der Waals surface area contributed by atoms with Gasteiger partial charge in [-0.3, -0.25) is 4.68 Å². The number of nitrogens with one attached hydrogen (secondary N) is 1. The van der Waals surface area contributed by atoms with E-state index in [4.69, 9.17) is 4.42 Å². The van der Waals surface area contributed by atoms with E-state index in [9.17, 15) is 0 Å². The van der Waals surface area contributed by atoms with Crippen LogP contribution in [-0.2, 0) is 13.1 Å². The molecule has 0 fully saturated rings. The van der Waals surface area contributed by atoms with E-state index >= 15 is 0 Å². The van der Waals surface area contributed by atoms with E-state index in [0.717, 1.165) is 24.5 Å².